The van der Waals surface area contributed by atoms with Crippen LogP contribution in [-0.2, 0) is 0 Å². The van der Waals surface area contributed by atoms with Crippen LogP contribution in [0.25, 0.3) is 0 Å². The van der Waals surface area contributed by atoms with E-state index < -0.39 is 0 Å². The summed E-state index contributed by atoms with van der Waals surface area (Å²) < 4.78 is 1.04. The molecule has 1 saturated heterocycles. The molecule has 1 heterocycles. The third-order valence-corrected chi connectivity index (χ3v) is 3.22. The summed E-state index contributed by atoms with van der Waals surface area (Å²) in [5.74, 6) is 0. The standard InChI is InChI=1S/C10H11BrClN/c11-7-3-4-8(9(12)6-7)10-2-1-5-13-10/h3-4,6,10,13H,1-2,5H2/t10-/m1/s1. The van der Waals surface area contributed by atoms with Gasteiger partial charge >= 0.3 is 0 Å². The van der Waals surface area contributed by atoms with Crippen LogP contribution in [0.3, 0.4) is 0 Å². The Hall–Kier alpha value is -0.0500. The molecule has 0 spiro atoms. The van der Waals surface area contributed by atoms with Gasteiger partial charge in [-0.2, -0.15) is 0 Å². The molecule has 1 aromatic carbocycles. The molecule has 70 valence electrons. The SMILES string of the molecule is Clc1cc(Br)ccc1[C@H]1CCCN1. The van der Waals surface area contributed by atoms with Crippen LogP contribution in [0, 0.1) is 0 Å². The van der Waals surface area contributed by atoms with E-state index in [1.165, 1.54) is 18.4 Å². The molecule has 0 aromatic heterocycles. The third-order valence-electron chi connectivity index (χ3n) is 2.40. The molecular formula is C10H11BrClN. The van der Waals surface area contributed by atoms with Gasteiger partial charge in [0.25, 0.3) is 0 Å². The van der Waals surface area contributed by atoms with Gasteiger partial charge in [-0.15, -0.1) is 0 Å². The van der Waals surface area contributed by atoms with Crippen molar-refractivity contribution in [3.63, 3.8) is 0 Å². The summed E-state index contributed by atoms with van der Waals surface area (Å²) in [6.45, 7) is 1.11. The number of halogens is 2. The number of benzene rings is 1. The van der Waals surface area contributed by atoms with E-state index in [4.69, 9.17) is 11.6 Å². The van der Waals surface area contributed by atoms with Crippen molar-refractivity contribution >= 4 is 27.5 Å². The summed E-state index contributed by atoms with van der Waals surface area (Å²) in [6, 6.07) is 6.55. The number of hydrogen-bond acceptors (Lipinski definition) is 1. The van der Waals surface area contributed by atoms with E-state index in [1.54, 1.807) is 0 Å². The minimum atomic E-state index is 0.459. The van der Waals surface area contributed by atoms with Crippen LogP contribution in [0.4, 0.5) is 0 Å². The predicted molar refractivity (Wildman–Crippen MR) is 59.1 cm³/mol. The Morgan fingerprint density at radius 1 is 1.46 bits per heavy atom. The molecule has 1 aliphatic heterocycles. The summed E-state index contributed by atoms with van der Waals surface area (Å²) in [5, 5.41) is 4.29. The topological polar surface area (TPSA) is 12.0 Å². The van der Waals surface area contributed by atoms with Crippen LogP contribution < -0.4 is 5.32 Å². The van der Waals surface area contributed by atoms with Crippen molar-refractivity contribution in [2.45, 2.75) is 18.9 Å². The molecule has 0 amide bonds. The lowest BCUT2D eigenvalue weighted by Crippen LogP contribution is -2.13. The van der Waals surface area contributed by atoms with Gasteiger partial charge in [0.05, 0.1) is 0 Å². The lowest BCUT2D eigenvalue weighted by atomic mass is 10.1. The zero-order chi connectivity index (χ0) is 9.26. The van der Waals surface area contributed by atoms with Gasteiger partial charge in [-0.05, 0) is 37.1 Å². The van der Waals surface area contributed by atoms with E-state index in [0.29, 0.717) is 6.04 Å². The molecule has 0 saturated carbocycles. The van der Waals surface area contributed by atoms with E-state index in [9.17, 15) is 0 Å². The van der Waals surface area contributed by atoms with Crippen molar-refractivity contribution in [1.82, 2.24) is 5.32 Å². The zero-order valence-electron chi connectivity index (χ0n) is 7.19. The number of hydrogen-bond donors (Lipinski definition) is 1. The lowest BCUT2D eigenvalue weighted by Gasteiger charge is -2.12. The van der Waals surface area contributed by atoms with Gasteiger partial charge in [0.2, 0.25) is 0 Å². The molecule has 1 aromatic rings. The molecule has 0 aliphatic carbocycles. The average molecular weight is 261 g/mol. The van der Waals surface area contributed by atoms with Crippen molar-refractivity contribution in [2.24, 2.45) is 0 Å². The zero-order valence-corrected chi connectivity index (χ0v) is 9.53. The molecule has 1 fully saturated rings. The van der Waals surface area contributed by atoms with Crippen LogP contribution in [0.15, 0.2) is 22.7 Å². The Morgan fingerprint density at radius 3 is 2.92 bits per heavy atom. The first-order chi connectivity index (χ1) is 6.27. The van der Waals surface area contributed by atoms with Gasteiger partial charge in [-0.3, -0.25) is 0 Å². The average Bonchev–Trinajstić information content (AvgIpc) is 2.56. The van der Waals surface area contributed by atoms with Gasteiger partial charge in [0, 0.05) is 15.5 Å². The molecule has 1 N–H and O–H groups in total. The molecule has 2 rings (SSSR count). The molecule has 1 nitrogen and oxygen atoms in total. The summed E-state index contributed by atoms with van der Waals surface area (Å²) in [5.41, 5.74) is 1.22. The van der Waals surface area contributed by atoms with Crippen LogP contribution in [0.2, 0.25) is 5.02 Å². The van der Waals surface area contributed by atoms with Crippen molar-refractivity contribution in [3.05, 3.63) is 33.3 Å². The third kappa shape index (κ3) is 2.06. The molecule has 0 radical (unpaired) electrons. The van der Waals surface area contributed by atoms with E-state index >= 15 is 0 Å². The Labute approximate surface area is 91.6 Å². The molecular weight excluding hydrogens is 249 g/mol. The fourth-order valence-corrected chi connectivity index (χ4v) is 2.54. The highest BCUT2D eigenvalue weighted by Gasteiger charge is 2.18. The highest BCUT2D eigenvalue weighted by Crippen LogP contribution is 2.30. The Balaban J connectivity index is 2.29. The van der Waals surface area contributed by atoms with Gasteiger partial charge in [-0.25, -0.2) is 0 Å². The first-order valence-corrected chi connectivity index (χ1v) is 5.63. The number of nitrogens with one attached hydrogen (secondary N) is 1. The van der Waals surface area contributed by atoms with Crippen LogP contribution in [0.5, 0.6) is 0 Å². The summed E-state index contributed by atoms with van der Waals surface area (Å²) in [7, 11) is 0. The van der Waals surface area contributed by atoms with Crippen LogP contribution >= 0.6 is 27.5 Å². The Kier molecular flexibility index (Phi) is 2.92. The first kappa shape index (κ1) is 9.50. The maximum atomic E-state index is 6.14. The van der Waals surface area contributed by atoms with Crippen molar-refractivity contribution in [1.29, 1.82) is 0 Å². The van der Waals surface area contributed by atoms with Gasteiger partial charge < -0.3 is 5.32 Å². The normalized spacial score (nSPS) is 22.2. The monoisotopic (exact) mass is 259 g/mol. The highest BCUT2D eigenvalue weighted by atomic mass is 79.9. The predicted octanol–water partition coefficient (Wildman–Crippen LogP) is 3.53. The van der Waals surface area contributed by atoms with Crippen LogP contribution in [-0.4, -0.2) is 6.54 Å². The van der Waals surface area contributed by atoms with E-state index in [1.807, 2.05) is 12.1 Å². The first-order valence-electron chi connectivity index (χ1n) is 4.46. The Bertz CT molecular complexity index is 308. The second kappa shape index (κ2) is 3.99. The highest BCUT2D eigenvalue weighted by molar-refractivity contribution is 9.10. The fraction of sp³-hybridized carbons (Fsp3) is 0.400. The maximum Gasteiger partial charge on any atom is 0.0465 e. The minimum absolute atomic E-state index is 0.459. The van der Waals surface area contributed by atoms with Gasteiger partial charge in [0.1, 0.15) is 0 Å². The molecule has 0 bridgehead atoms. The van der Waals surface area contributed by atoms with Crippen LogP contribution in [0.1, 0.15) is 24.4 Å². The van der Waals surface area contributed by atoms with E-state index in [-0.39, 0.29) is 0 Å². The summed E-state index contributed by atoms with van der Waals surface area (Å²) in [4.78, 5) is 0. The van der Waals surface area contributed by atoms with E-state index in [0.717, 1.165) is 16.0 Å². The maximum absolute atomic E-state index is 6.14. The quantitative estimate of drug-likeness (QED) is 0.814. The van der Waals surface area contributed by atoms with Crippen molar-refractivity contribution in [3.8, 4) is 0 Å². The summed E-state index contributed by atoms with van der Waals surface area (Å²) in [6.07, 6.45) is 2.44. The molecule has 13 heavy (non-hydrogen) atoms. The minimum Gasteiger partial charge on any atom is -0.310 e. The van der Waals surface area contributed by atoms with E-state index in [2.05, 4.69) is 27.3 Å². The van der Waals surface area contributed by atoms with Crippen molar-refractivity contribution < 1.29 is 0 Å². The summed E-state index contributed by atoms with van der Waals surface area (Å²) >= 11 is 9.54. The Morgan fingerprint density at radius 2 is 2.31 bits per heavy atom. The largest absolute Gasteiger partial charge is 0.310 e. The lowest BCUT2D eigenvalue weighted by molar-refractivity contribution is 0.648. The number of rotatable bonds is 1. The van der Waals surface area contributed by atoms with Crippen molar-refractivity contribution in [2.75, 3.05) is 6.54 Å². The molecule has 1 aliphatic rings. The smallest absolute Gasteiger partial charge is 0.0465 e. The van der Waals surface area contributed by atoms with Gasteiger partial charge in [-0.1, -0.05) is 33.6 Å². The second-order valence-electron chi connectivity index (χ2n) is 3.31. The molecule has 1 atom stereocenters. The molecule has 0 unspecified atom stereocenters. The fourth-order valence-electron chi connectivity index (χ4n) is 1.73. The molecule has 3 heteroatoms. The van der Waals surface area contributed by atoms with Gasteiger partial charge in [0.15, 0.2) is 0 Å². The second-order valence-corrected chi connectivity index (χ2v) is 4.64.